The molecule has 1 fully saturated rings. The van der Waals surface area contributed by atoms with E-state index in [9.17, 15) is 13.2 Å². The highest BCUT2D eigenvalue weighted by Crippen LogP contribution is 2.28. The van der Waals surface area contributed by atoms with E-state index in [1.807, 2.05) is 42.6 Å². The molecule has 0 spiro atoms. The maximum absolute atomic E-state index is 13.2. The highest BCUT2D eigenvalue weighted by atomic mass is 32.2. The van der Waals surface area contributed by atoms with Crippen molar-refractivity contribution in [3.8, 4) is 0 Å². The molecule has 28 heavy (non-hydrogen) atoms. The maximum atomic E-state index is 13.2. The van der Waals surface area contributed by atoms with Crippen LogP contribution >= 0.6 is 0 Å². The van der Waals surface area contributed by atoms with Gasteiger partial charge in [0.15, 0.2) is 0 Å². The highest BCUT2D eigenvalue weighted by Gasteiger charge is 2.44. The molecule has 1 atom stereocenters. The topological polar surface area (TPSA) is 93.5 Å². The highest BCUT2D eigenvalue weighted by molar-refractivity contribution is 7.88. The summed E-state index contributed by atoms with van der Waals surface area (Å²) in [6.45, 7) is 1.00. The van der Waals surface area contributed by atoms with E-state index in [-0.39, 0.29) is 25.0 Å². The number of ether oxygens (including phenoxy) is 1. The van der Waals surface area contributed by atoms with Crippen molar-refractivity contribution in [1.82, 2.24) is 19.4 Å². The van der Waals surface area contributed by atoms with Gasteiger partial charge >= 0.3 is 0 Å². The molecule has 1 aliphatic heterocycles. The second-order valence-corrected chi connectivity index (χ2v) is 9.01. The van der Waals surface area contributed by atoms with Gasteiger partial charge in [-0.3, -0.25) is 9.48 Å². The summed E-state index contributed by atoms with van der Waals surface area (Å²) in [4.78, 5) is 13.2. The predicted molar refractivity (Wildman–Crippen MR) is 105 cm³/mol. The molecule has 0 aliphatic carbocycles. The Labute approximate surface area is 165 Å². The summed E-state index contributed by atoms with van der Waals surface area (Å²) in [5, 5.41) is 7.33. The maximum Gasteiger partial charge on any atom is 0.252 e. The molecule has 8 nitrogen and oxygen atoms in total. The monoisotopic (exact) mass is 406 g/mol. The Morgan fingerprint density at radius 1 is 1.25 bits per heavy atom. The number of nitrogens with one attached hydrogen (secondary N) is 1. The minimum atomic E-state index is -3.28. The normalized spacial score (nSPS) is 18.5. The molecule has 1 N–H and O–H groups in total. The molecule has 1 amide bonds. The Morgan fingerprint density at radius 3 is 2.46 bits per heavy atom. The number of methoxy groups -OCH3 is 1. The Balaban J connectivity index is 1.77. The number of rotatable bonds is 7. The molecule has 1 aromatic heterocycles. The lowest BCUT2D eigenvalue weighted by atomic mass is 9.90. The summed E-state index contributed by atoms with van der Waals surface area (Å²) in [7, 11) is -1.78. The van der Waals surface area contributed by atoms with Crippen LogP contribution in [-0.2, 0) is 26.1 Å². The fourth-order valence-corrected chi connectivity index (χ4v) is 4.35. The molecule has 1 saturated heterocycles. The fourth-order valence-electron chi connectivity index (χ4n) is 3.51. The molecule has 2 aromatic rings. The van der Waals surface area contributed by atoms with Crippen LogP contribution in [0.5, 0.6) is 0 Å². The molecular formula is C19H26N4O4S. The molecule has 0 bridgehead atoms. The first-order valence-electron chi connectivity index (χ1n) is 9.18. The number of piperidine rings is 1. The number of amides is 1. The van der Waals surface area contributed by atoms with E-state index in [0.717, 1.165) is 5.56 Å². The average molecular weight is 407 g/mol. The van der Waals surface area contributed by atoms with Crippen LogP contribution < -0.4 is 5.32 Å². The van der Waals surface area contributed by atoms with Crippen LogP contribution in [-0.4, -0.2) is 60.5 Å². The molecule has 3 rings (SSSR count). The summed E-state index contributed by atoms with van der Waals surface area (Å²) in [6, 6.07) is 11.2. The van der Waals surface area contributed by atoms with Crippen molar-refractivity contribution in [2.24, 2.45) is 0 Å². The molecular weight excluding hydrogens is 380 g/mol. The number of nitrogens with zero attached hydrogens (tertiary/aromatic N) is 3. The number of aromatic nitrogens is 2. The van der Waals surface area contributed by atoms with Gasteiger partial charge < -0.3 is 10.1 Å². The van der Waals surface area contributed by atoms with Crippen molar-refractivity contribution in [3.63, 3.8) is 0 Å². The van der Waals surface area contributed by atoms with E-state index < -0.39 is 15.6 Å². The third kappa shape index (κ3) is 4.60. The zero-order chi connectivity index (χ0) is 20.2. The van der Waals surface area contributed by atoms with Crippen molar-refractivity contribution in [2.75, 3.05) is 26.5 Å². The Morgan fingerprint density at radius 2 is 1.93 bits per heavy atom. The Hall–Kier alpha value is -2.23. The van der Waals surface area contributed by atoms with E-state index in [0.29, 0.717) is 19.4 Å². The number of hydrogen-bond acceptors (Lipinski definition) is 5. The predicted octanol–water partition coefficient (Wildman–Crippen LogP) is 1.18. The number of carbonyl (C=O) groups is 1. The van der Waals surface area contributed by atoms with E-state index in [1.165, 1.54) is 17.7 Å². The lowest BCUT2D eigenvalue weighted by Gasteiger charge is -2.39. The van der Waals surface area contributed by atoms with Gasteiger partial charge in [0.1, 0.15) is 5.60 Å². The quantitative estimate of drug-likeness (QED) is 0.745. The van der Waals surface area contributed by atoms with Gasteiger partial charge in [0.05, 0.1) is 18.8 Å². The number of carbonyl (C=O) groups excluding carboxylic acids is 1. The second-order valence-electron chi connectivity index (χ2n) is 7.03. The average Bonchev–Trinajstić information content (AvgIpc) is 3.20. The molecule has 1 unspecified atom stereocenters. The first-order chi connectivity index (χ1) is 13.3. The molecule has 9 heteroatoms. The Bertz CT molecular complexity index is 876. The largest absolute Gasteiger partial charge is 0.368 e. The number of benzene rings is 1. The van der Waals surface area contributed by atoms with Gasteiger partial charge in [-0.15, -0.1) is 0 Å². The molecule has 1 aliphatic rings. The van der Waals surface area contributed by atoms with Crippen LogP contribution in [0, 0.1) is 0 Å². The summed E-state index contributed by atoms with van der Waals surface area (Å²) in [6.07, 6.45) is 5.35. The van der Waals surface area contributed by atoms with Gasteiger partial charge in [0.25, 0.3) is 5.91 Å². The van der Waals surface area contributed by atoms with Crippen LogP contribution in [0.2, 0.25) is 0 Å². The molecule has 0 saturated carbocycles. The summed E-state index contributed by atoms with van der Waals surface area (Å²) >= 11 is 0. The van der Waals surface area contributed by atoms with Crippen LogP contribution in [0.1, 0.15) is 24.4 Å². The van der Waals surface area contributed by atoms with Crippen molar-refractivity contribution in [3.05, 3.63) is 54.4 Å². The van der Waals surface area contributed by atoms with E-state index in [2.05, 4.69) is 10.4 Å². The third-order valence-electron chi connectivity index (χ3n) is 5.24. The van der Waals surface area contributed by atoms with Gasteiger partial charge in [-0.1, -0.05) is 30.3 Å². The van der Waals surface area contributed by atoms with Crippen LogP contribution in [0.3, 0.4) is 0 Å². The standard InChI is InChI=1S/C19H26N4O4S/c1-27-19(9-13-23(14-10-19)28(2,25)26)18(24)21-17(15-22-12-6-11-20-22)16-7-4-3-5-8-16/h3-8,11-12,17H,9-10,13-15H2,1-2H3,(H,21,24). The zero-order valence-electron chi connectivity index (χ0n) is 16.1. The van der Waals surface area contributed by atoms with Gasteiger partial charge in [-0.2, -0.15) is 5.10 Å². The van der Waals surface area contributed by atoms with Crippen molar-refractivity contribution in [1.29, 1.82) is 0 Å². The second kappa shape index (κ2) is 8.42. The van der Waals surface area contributed by atoms with E-state index >= 15 is 0 Å². The lowest BCUT2D eigenvalue weighted by Crippen LogP contribution is -2.56. The van der Waals surface area contributed by atoms with Gasteiger partial charge in [0, 0.05) is 32.6 Å². The molecule has 152 valence electrons. The summed E-state index contributed by atoms with van der Waals surface area (Å²) < 4.78 is 32.3. The lowest BCUT2D eigenvalue weighted by molar-refractivity contribution is -0.149. The van der Waals surface area contributed by atoms with E-state index in [4.69, 9.17) is 4.74 Å². The molecule has 2 heterocycles. The number of hydrogen-bond donors (Lipinski definition) is 1. The fraction of sp³-hybridized carbons (Fsp3) is 0.474. The van der Waals surface area contributed by atoms with Crippen molar-refractivity contribution < 1.29 is 17.9 Å². The smallest absolute Gasteiger partial charge is 0.252 e. The molecule has 1 aromatic carbocycles. The van der Waals surface area contributed by atoms with Gasteiger partial charge in [-0.05, 0) is 24.5 Å². The van der Waals surface area contributed by atoms with Crippen molar-refractivity contribution >= 4 is 15.9 Å². The first kappa shape index (κ1) is 20.5. The summed E-state index contributed by atoms with van der Waals surface area (Å²) in [5.41, 5.74) is -0.0793. The van der Waals surface area contributed by atoms with Crippen LogP contribution in [0.25, 0.3) is 0 Å². The van der Waals surface area contributed by atoms with Gasteiger partial charge in [-0.25, -0.2) is 12.7 Å². The SMILES string of the molecule is COC1(C(=O)NC(Cn2cccn2)c2ccccc2)CCN(S(C)(=O)=O)CC1. The first-order valence-corrected chi connectivity index (χ1v) is 11.0. The van der Waals surface area contributed by atoms with Gasteiger partial charge in [0.2, 0.25) is 10.0 Å². The third-order valence-corrected chi connectivity index (χ3v) is 6.54. The number of sulfonamides is 1. The van der Waals surface area contributed by atoms with Crippen molar-refractivity contribution in [2.45, 2.75) is 31.0 Å². The summed E-state index contributed by atoms with van der Waals surface area (Å²) in [5.74, 6) is -0.232. The van der Waals surface area contributed by atoms with Crippen LogP contribution in [0.15, 0.2) is 48.8 Å². The minimum absolute atomic E-state index is 0.232. The molecule has 0 radical (unpaired) electrons. The Kier molecular flexibility index (Phi) is 6.17. The van der Waals surface area contributed by atoms with Crippen LogP contribution in [0.4, 0.5) is 0 Å². The zero-order valence-corrected chi connectivity index (χ0v) is 16.9. The van der Waals surface area contributed by atoms with E-state index in [1.54, 1.807) is 10.9 Å². The minimum Gasteiger partial charge on any atom is -0.368 e.